The number of aliphatic imine (C=N–C) groups is 1. The van der Waals surface area contributed by atoms with Gasteiger partial charge in [-0.3, -0.25) is 14.9 Å². The molecule has 1 amide bonds. The van der Waals surface area contributed by atoms with Gasteiger partial charge in [0.2, 0.25) is 0 Å². The molecule has 0 aliphatic carbocycles. The van der Waals surface area contributed by atoms with Crippen LogP contribution in [0.15, 0.2) is 61.7 Å². The molecule has 2 aromatic carbocycles. The lowest BCUT2D eigenvalue weighted by atomic mass is 10.2. The summed E-state index contributed by atoms with van der Waals surface area (Å²) in [7, 11) is -4.29. The predicted molar refractivity (Wildman–Crippen MR) is 107 cm³/mol. The van der Waals surface area contributed by atoms with Crippen molar-refractivity contribution in [2.24, 2.45) is 10.7 Å². The molecule has 0 fully saturated rings. The Kier molecular flexibility index (Phi) is 5.54. The van der Waals surface area contributed by atoms with Crippen molar-refractivity contribution >= 4 is 60.6 Å². The highest BCUT2D eigenvalue weighted by molar-refractivity contribution is 9.10. The number of amidine groups is 1. The van der Waals surface area contributed by atoms with Crippen molar-refractivity contribution < 1.29 is 22.3 Å². The summed E-state index contributed by atoms with van der Waals surface area (Å²) in [6.45, 7) is 0. The van der Waals surface area contributed by atoms with Crippen LogP contribution in [-0.2, 0) is 14.9 Å². The molecule has 0 unspecified atom stereocenters. The average Bonchev–Trinajstić information content (AvgIpc) is 2.94. The van der Waals surface area contributed by atoms with Gasteiger partial charge in [-0.05, 0) is 57.5 Å². The number of non-ortho nitro benzene ring substituents is 1. The zero-order chi connectivity index (χ0) is 20.5. The fourth-order valence-corrected chi connectivity index (χ4v) is 4.42. The van der Waals surface area contributed by atoms with Crippen LogP contribution < -0.4 is 9.92 Å². The fraction of sp³-hybridized carbons (Fsp3) is 0. The number of thioether (sulfide) groups is 1. The Hall–Kier alpha value is -2.70. The summed E-state index contributed by atoms with van der Waals surface area (Å²) in [5.74, 6) is -0.470. The molecule has 9 nitrogen and oxygen atoms in total. The van der Waals surface area contributed by atoms with E-state index in [-0.39, 0.29) is 21.5 Å². The second-order valence-corrected chi connectivity index (χ2v) is 8.81. The molecule has 2 N–H and O–H groups in total. The van der Waals surface area contributed by atoms with E-state index in [9.17, 15) is 23.3 Å². The number of nitro benzene ring substituents is 1. The minimum absolute atomic E-state index is 0.0187. The number of halogens is 1. The second-order valence-electron chi connectivity index (χ2n) is 5.35. The van der Waals surface area contributed by atoms with Crippen LogP contribution in [0.1, 0.15) is 5.56 Å². The van der Waals surface area contributed by atoms with E-state index in [1.54, 1.807) is 18.2 Å². The molecule has 0 saturated carbocycles. The van der Waals surface area contributed by atoms with Crippen LogP contribution in [0.4, 0.5) is 5.69 Å². The van der Waals surface area contributed by atoms with E-state index in [0.717, 1.165) is 17.8 Å². The average molecular weight is 484 g/mol. The maximum absolute atomic E-state index is 12.4. The highest BCUT2D eigenvalue weighted by Crippen LogP contribution is 2.32. The highest BCUT2D eigenvalue weighted by Gasteiger charge is 2.22. The Balaban J connectivity index is 1.85. The molecule has 0 atom stereocenters. The third-order valence-corrected chi connectivity index (χ3v) is 6.07. The first-order chi connectivity index (χ1) is 13.2. The summed E-state index contributed by atoms with van der Waals surface area (Å²) in [6.07, 6.45) is 1.56. The van der Waals surface area contributed by atoms with Crippen molar-refractivity contribution in [1.82, 2.24) is 0 Å². The number of amides is 1. The zero-order valence-electron chi connectivity index (χ0n) is 13.7. The van der Waals surface area contributed by atoms with Crippen molar-refractivity contribution in [2.75, 3.05) is 0 Å². The number of benzene rings is 2. The first-order valence-corrected chi connectivity index (χ1v) is 10.4. The van der Waals surface area contributed by atoms with Gasteiger partial charge in [-0.1, -0.05) is 12.1 Å². The molecule has 3 rings (SSSR count). The lowest BCUT2D eigenvalue weighted by Gasteiger charge is -2.09. The van der Waals surface area contributed by atoms with Crippen LogP contribution in [0.5, 0.6) is 5.75 Å². The van der Waals surface area contributed by atoms with Gasteiger partial charge in [0.05, 0.1) is 14.3 Å². The third kappa shape index (κ3) is 4.40. The van der Waals surface area contributed by atoms with E-state index in [1.807, 2.05) is 0 Å². The first kappa shape index (κ1) is 20.0. The van der Waals surface area contributed by atoms with Crippen LogP contribution in [0.25, 0.3) is 6.08 Å². The number of hydrogen-bond donors (Lipinski definition) is 1. The third-order valence-electron chi connectivity index (χ3n) is 3.41. The molecule has 0 saturated heterocycles. The summed E-state index contributed by atoms with van der Waals surface area (Å²) in [6, 6.07) is 9.02. The molecular formula is C16H10BrN3O6S2. The van der Waals surface area contributed by atoms with Gasteiger partial charge in [0, 0.05) is 12.1 Å². The molecule has 12 heteroatoms. The molecular weight excluding hydrogens is 474 g/mol. The Morgan fingerprint density at radius 2 is 2.00 bits per heavy atom. The molecule has 1 aliphatic heterocycles. The van der Waals surface area contributed by atoms with Gasteiger partial charge in [0.1, 0.15) is 4.90 Å². The topological polar surface area (TPSA) is 142 Å². The Labute approximate surface area is 171 Å². The quantitative estimate of drug-likeness (QED) is 0.295. The predicted octanol–water partition coefficient (Wildman–Crippen LogP) is 3.05. The maximum Gasteiger partial charge on any atom is 0.339 e. The van der Waals surface area contributed by atoms with E-state index in [1.165, 1.54) is 24.3 Å². The van der Waals surface area contributed by atoms with Gasteiger partial charge < -0.3 is 9.92 Å². The molecule has 28 heavy (non-hydrogen) atoms. The van der Waals surface area contributed by atoms with E-state index >= 15 is 0 Å². The number of nitro groups is 1. The number of nitrogens with two attached hydrogens (primary N) is 1. The number of hydrogen-bond acceptors (Lipinski definition) is 8. The van der Waals surface area contributed by atoms with Crippen molar-refractivity contribution in [3.8, 4) is 5.75 Å². The summed E-state index contributed by atoms with van der Waals surface area (Å²) in [5, 5.41) is 11.0. The number of carbonyl (C=O) groups is 1. The van der Waals surface area contributed by atoms with Crippen molar-refractivity contribution in [3.05, 3.63) is 67.5 Å². The highest BCUT2D eigenvalue weighted by atomic mass is 79.9. The van der Waals surface area contributed by atoms with Crippen molar-refractivity contribution in [1.29, 1.82) is 0 Å². The van der Waals surface area contributed by atoms with E-state index < -0.39 is 20.9 Å². The van der Waals surface area contributed by atoms with E-state index in [2.05, 4.69) is 20.9 Å². The molecule has 1 aliphatic rings. The van der Waals surface area contributed by atoms with E-state index in [4.69, 9.17) is 9.92 Å². The summed E-state index contributed by atoms with van der Waals surface area (Å²) < 4.78 is 30.2. The number of rotatable bonds is 5. The first-order valence-electron chi connectivity index (χ1n) is 7.42. The normalized spacial score (nSPS) is 15.5. The van der Waals surface area contributed by atoms with Gasteiger partial charge in [0.15, 0.2) is 10.9 Å². The number of carbonyl (C=O) groups excluding carboxylic acids is 1. The Morgan fingerprint density at radius 1 is 1.25 bits per heavy atom. The second kappa shape index (κ2) is 7.73. The molecule has 0 aromatic heterocycles. The monoisotopic (exact) mass is 483 g/mol. The van der Waals surface area contributed by atoms with Gasteiger partial charge in [-0.15, -0.1) is 0 Å². The van der Waals surface area contributed by atoms with Gasteiger partial charge in [-0.25, -0.2) is 0 Å². The van der Waals surface area contributed by atoms with Gasteiger partial charge >= 0.3 is 10.1 Å². The van der Waals surface area contributed by atoms with Crippen molar-refractivity contribution in [2.45, 2.75) is 4.90 Å². The zero-order valence-corrected chi connectivity index (χ0v) is 17.0. The smallest absolute Gasteiger partial charge is 0.339 e. The molecule has 0 radical (unpaired) electrons. The van der Waals surface area contributed by atoms with Crippen LogP contribution >= 0.6 is 27.7 Å². The van der Waals surface area contributed by atoms with Crippen LogP contribution in [0.2, 0.25) is 0 Å². The van der Waals surface area contributed by atoms with Crippen LogP contribution in [0, 0.1) is 10.1 Å². The van der Waals surface area contributed by atoms with Crippen LogP contribution in [-0.4, -0.2) is 24.4 Å². The molecule has 0 spiro atoms. The van der Waals surface area contributed by atoms with E-state index in [0.29, 0.717) is 14.9 Å². The lowest BCUT2D eigenvalue weighted by Crippen LogP contribution is -2.10. The largest absolute Gasteiger partial charge is 0.378 e. The Bertz CT molecular complexity index is 1160. The van der Waals surface area contributed by atoms with Gasteiger partial charge in [0.25, 0.3) is 11.6 Å². The Morgan fingerprint density at radius 3 is 2.61 bits per heavy atom. The molecule has 144 valence electrons. The standard InChI is InChI=1S/C16H10BrN3O6S2/c17-12-6-9(7-14-15(21)19-16(18)27-14)4-5-13(12)26-28(24,25)11-3-1-2-10(8-11)20(22)23/h1-8H,(H2,18,19,21)/b14-7-. The fourth-order valence-electron chi connectivity index (χ4n) is 2.17. The SMILES string of the molecule is NC1=NC(=O)/C(=C/c2ccc(OS(=O)(=O)c3cccc([N+](=O)[O-])c3)c(Br)c2)S1. The molecule has 1 heterocycles. The van der Waals surface area contributed by atoms with Gasteiger partial charge in [-0.2, -0.15) is 13.4 Å². The summed E-state index contributed by atoms with van der Waals surface area (Å²) >= 11 is 4.25. The van der Waals surface area contributed by atoms with Crippen molar-refractivity contribution in [3.63, 3.8) is 0 Å². The number of nitrogens with zero attached hydrogens (tertiary/aromatic N) is 2. The molecule has 2 aromatic rings. The minimum atomic E-state index is -4.29. The minimum Gasteiger partial charge on any atom is -0.378 e. The maximum atomic E-state index is 12.4. The van der Waals surface area contributed by atoms with Crippen LogP contribution in [0.3, 0.4) is 0 Å². The summed E-state index contributed by atoms with van der Waals surface area (Å²) in [5.41, 5.74) is 5.71. The summed E-state index contributed by atoms with van der Waals surface area (Å²) in [4.78, 5) is 25.4. The lowest BCUT2D eigenvalue weighted by molar-refractivity contribution is -0.385. The molecule has 0 bridgehead atoms.